The molecule has 0 aromatic heterocycles. The molecule has 0 unspecified atom stereocenters. The van der Waals surface area contributed by atoms with Crippen LogP contribution in [0.4, 0.5) is 0 Å². The number of carboxylic acids is 1. The van der Waals surface area contributed by atoms with E-state index in [4.69, 9.17) is 24.1 Å². The molecular formula is C17H37NO5. The maximum atomic E-state index is 8.89. The van der Waals surface area contributed by atoms with E-state index in [9.17, 15) is 0 Å². The second kappa shape index (κ2) is 16.2. The van der Waals surface area contributed by atoms with Gasteiger partial charge in [0.1, 0.15) is 0 Å². The molecule has 6 heteroatoms. The summed E-state index contributed by atoms with van der Waals surface area (Å²) in [5.41, 5.74) is 0.267. The summed E-state index contributed by atoms with van der Waals surface area (Å²) in [7, 11) is 5.34. The highest BCUT2D eigenvalue weighted by molar-refractivity contribution is 5.60. The lowest BCUT2D eigenvalue weighted by molar-refractivity contribution is -0.903. The van der Waals surface area contributed by atoms with Crippen molar-refractivity contribution in [1.82, 2.24) is 0 Å². The molecule has 0 aliphatic rings. The zero-order chi connectivity index (χ0) is 18.1. The third-order valence-electron chi connectivity index (χ3n) is 4.13. The summed E-state index contributed by atoms with van der Waals surface area (Å²) in [6.45, 7) is 11.4. The molecule has 0 atom stereocenters. The van der Waals surface area contributed by atoms with Crippen LogP contribution < -0.4 is 10.0 Å². The molecule has 0 aliphatic heterocycles. The third-order valence-corrected chi connectivity index (χ3v) is 4.13. The molecule has 0 saturated carbocycles. The number of aliphatic carboxylic acids is 1. The molecule has 0 radical (unpaired) electrons. The van der Waals surface area contributed by atoms with E-state index in [1.165, 1.54) is 19.6 Å². The molecule has 0 aliphatic carbocycles. The van der Waals surface area contributed by atoms with Gasteiger partial charge in [-0.25, -0.2) is 0 Å². The standard InChI is InChI=1S/C15H33NO3.C2H4O2/c1-6-16(7-2)14-15(8-11-17-3,9-12-18-4)10-13-19-5;1-2(3)4/h6-14H2,1-5H3;1H3,(H,3,4). The number of quaternary nitrogens is 1. The van der Waals surface area contributed by atoms with Gasteiger partial charge in [-0.05, 0) is 40.0 Å². The van der Waals surface area contributed by atoms with Gasteiger partial charge in [-0.2, -0.15) is 0 Å². The van der Waals surface area contributed by atoms with Gasteiger partial charge in [0.2, 0.25) is 0 Å². The Morgan fingerprint density at radius 1 is 0.913 bits per heavy atom. The first-order valence-corrected chi connectivity index (χ1v) is 8.39. The van der Waals surface area contributed by atoms with Crippen LogP contribution in [0.2, 0.25) is 0 Å². The van der Waals surface area contributed by atoms with E-state index in [0.29, 0.717) is 0 Å². The van der Waals surface area contributed by atoms with Crippen molar-refractivity contribution in [3.8, 4) is 0 Å². The first-order valence-electron chi connectivity index (χ1n) is 8.39. The number of ether oxygens (including phenoxy) is 3. The average molecular weight is 335 g/mol. The molecule has 0 bridgehead atoms. The highest BCUT2D eigenvalue weighted by Gasteiger charge is 2.33. The van der Waals surface area contributed by atoms with Gasteiger partial charge in [-0.15, -0.1) is 0 Å². The van der Waals surface area contributed by atoms with E-state index >= 15 is 0 Å². The minimum Gasteiger partial charge on any atom is -0.550 e. The minimum atomic E-state index is -1.08. The molecule has 0 aromatic rings. The number of hydrogen-bond donors (Lipinski definition) is 1. The average Bonchev–Trinajstić information content (AvgIpc) is 2.53. The van der Waals surface area contributed by atoms with Gasteiger partial charge in [-0.3, -0.25) is 0 Å². The summed E-state index contributed by atoms with van der Waals surface area (Å²) < 4.78 is 15.9. The van der Waals surface area contributed by atoms with Crippen molar-refractivity contribution in [2.45, 2.75) is 40.0 Å². The lowest BCUT2D eigenvalue weighted by Crippen LogP contribution is -3.12. The number of hydrogen-bond acceptors (Lipinski definition) is 5. The fraction of sp³-hybridized carbons (Fsp3) is 0.941. The molecule has 0 amide bonds. The Bertz CT molecular complexity index is 244. The lowest BCUT2D eigenvalue weighted by atomic mass is 9.78. The van der Waals surface area contributed by atoms with Gasteiger partial charge in [0, 0.05) is 52.5 Å². The highest BCUT2D eigenvalue weighted by atomic mass is 16.5. The maximum Gasteiger partial charge on any atom is 0.0830 e. The lowest BCUT2D eigenvalue weighted by Gasteiger charge is -2.35. The van der Waals surface area contributed by atoms with Gasteiger partial charge < -0.3 is 29.0 Å². The zero-order valence-corrected chi connectivity index (χ0v) is 15.9. The van der Waals surface area contributed by atoms with Crippen molar-refractivity contribution in [2.75, 3.05) is 60.8 Å². The molecule has 0 heterocycles. The normalized spacial score (nSPS) is 11.3. The Balaban J connectivity index is 0. The summed E-state index contributed by atoms with van der Waals surface area (Å²) >= 11 is 0. The number of carboxylic acid groups (broad SMARTS) is 1. The third kappa shape index (κ3) is 14.6. The predicted octanol–water partition coefficient (Wildman–Crippen LogP) is -0.237. The second-order valence-corrected chi connectivity index (χ2v) is 5.85. The summed E-state index contributed by atoms with van der Waals surface area (Å²) in [5.74, 6) is -1.08. The summed E-state index contributed by atoms with van der Waals surface area (Å²) in [6.07, 6.45) is 3.25. The van der Waals surface area contributed by atoms with E-state index in [2.05, 4.69) is 13.8 Å². The summed E-state index contributed by atoms with van der Waals surface area (Å²) in [5, 5.41) is 8.89. The predicted molar refractivity (Wildman–Crippen MR) is 89.5 cm³/mol. The smallest absolute Gasteiger partial charge is 0.0830 e. The van der Waals surface area contributed by atoms with Crippen LogP contribution in [0.25, 0.3) is 0 Å². The van der Waals surface area contributed by atoms with Gasteiger partial charge in [0.05, 0.1) is 19.6 Å². The first kappa shape index (κ1) is 24.6. The Hall–Kier alpha value is -0.690. The number of nitrogens with one attached hydrogen (secondary N) is 1. The quantitative estimate of drug-likeness (QED) is 0.503. The number of carbonyl (C=O) groups excluding carboxylic acids is 1. The number of carbonyl (C=O) groups is 1. The van der Waals surface area contributed by atoms with E-state index < -0.39 is 5.97 Å². The molecule has 0 spiro atoms. The summed E-state index contributed by atoms with van der Waals surface area (Å²) in [4.78, 5) is 10.5. The van der Waals surface area contributed by atoms with Crippen molar-refractivity contribution in [2.24, 2.45) is 5.41 Å². The van der Waals surface area contributed by atoms with Crippen LogP contribution in [0.5, 0.6) is 0 Å². The van der Waals surface area contributed by atoms with Gasteiger partial charge in [0.15, 0.2) is 0 Å². The van der Waals surface area contributed by atoms with Crippen LogP contribution in [-0.2, 0) is 19.0 Å². The largest absolute Gasteiger partial charge is 0.550 e. The Kier molecular flexibility index (Phi) is 17.3. The van der Waals surface area contributed by atoms with Crippen LogP contribution in [0.15, 0.2) is 0 Å². The van der Waals surface area contributed by atoms with E-state index in [-0.39, 0.29) is 5.41 Å². The van der Waals surface area contributed by atoms with Gasteiger partial charge in [-0.1, -0.05) is 0 Å². The Morgan fingerprint density at radius 2 is 1.22 bits per heavy atom. The van der Waals surface area contributed by atoms with Gasteiger partial charge >= 0.3 is 0 Å². The monoisotopic (exact) mass is 335 g/mol. The van der Waals surface area contributed by atoms with Crippen molar-refractivity contribution >= 4 is 5.97 Å². The molecule has 0 saturated heterocycles. The number of methoxy groups -OCH3 is 3. The Morgan fingerprint density at radius 3 is 1.43 bits per heavy atom. The molecular weight excluding hydrogens is 298 g/mol. The topological polar surface area (TPSA) is 72.3 Å². The number of rotatable bonds is 13. The highest BCUT2D eigenvalue weighted by Crippen LogP contribution is 2.29. The van der Waals surface area contributed by atoms with Crippen molar-refractivity contribution in [3.05, 3.63) is 0 Å². The zero-order valence-electron chi connectivity index (χ0n) is 15.9. The molecule has 23 heavy (non-hydrogen) atoms. The summed E-state index contributed by atoms with van der Waals surface area (Å²) in [6, 6.07) is 0. The van der Waals surface area contributed by atoms with Crippen LogP contribution in [0.1, 0.15) is 40.0 Å². The molecule has 6 nitrogen and oxygen atoms in total. The SMILES string of the molecule is CC(=O)[O-].CC[NH+](CC)CC(CCOC)(CCOC)CCOC. The maximum absolute atomic E-state index is 8.89. The van der Waals surface area contributed by atoms with Gasteiger partial charge in [0.25, 0.3) is 0 Å². The van der Waals surface area contributed by atoms with Crippen LogP contribution in [0, 0.1) is 5.41 Å². The van der Waals surface area contributed by atoms with Crippen molar-refractivity contribution in [1.29, 1.82) is 0 Å². The fourth-order valence-electron chi connectivity index (χ4n) is 2.63. The van der Waals surface area contributed by atoms with Crippen molar-refractivity contribution in [3.63, 3.8) is 0 Å². The molecule has 0 rings (SSSR count). The second-order valence-electron chi connectivity index (χ2n) is 5.85. The molecule has 1 N–H and O–H groups in total. The fourth-order valence-corrected chi connectivity index (χ4v) is 2.63. The van der Waals surface area contributed by atoms with E-state index in [0.717, 1.165) is 46.0 Å². The van der Waals surface area contributed by atoms with E-state index in [1.807, 2.05) is 0 Å². The minimum absolute atomic E-state index is 0.267. The van der Waals surface area contributed by atoms with Crippen molar-refractivity contribution < 1.29 is 29.0 Å². The molecule has 0 fully saturated rings. The first-order chi connectivity index (χ1) is 10.9. The van der Waals surface area contributed by atoms with E-state index in [1.54, 1.807) is 26.2 Å². The van der Waals surface area contributed by atoms with Crippen LogP contribution >= 0.6 is 0 Å². The van der Waals surface area contributed by atoms with Crippen LogP contribution in [-0.4, -0.2) is 66.8 Å². The molecule has 140 valence electrons. The molecule has 0 aromatic carbocycles. The Labute approximate surface area is 142 Å². The van der Waals surface area contributed by atoms with Crippen LogP contribution in [0.3, 0.4) is 0 Å².